The second kappa shape index (κ2) is 31.1. The molecule has 108 heavy (non-hydrogen) atoms. The highest BCUT2D eigenvalue weighted by atomic mass is 16.3. The first-order valence-electron chi connectivity index (χ1n) is 42.7. The third-order valence-corrected chi connectivity index (χ3v) is 26.5. The Morgan fingerprint density at radius 1 is 0.361 bits per heavy atom. The number of benzene rings is 11. The monoisotopic (exact) mass is 1420 g/mol. The van der Waals surface area contributed by atoms with Gasteiger partial charge in [-0.1, -0.05) is 333 Å². The Labute approximate surface area is 644 Å². The van der Waals surface area contributed by atoms with Gasteiger partial charge < -0.3 is 13.7 Å². The summed E-state index contributed by atoms with van der Waals surface area (Å²) in [5.74, 6) is 0.858. The minimum atomic E-state index is -0.646. The molecule has 0 fully saturated rings. The van der Waals surface area contributed by atoms with Crippen molar-refractivity contribution in [2.45, 2.75) is 245 Å². The standard InChI is InChI=1S/C105H113NO2/c1-8-12-16-20-24-31-45-78-74(44-28-23-19-15-11-4)64-75-65-88-92(104(60-40-25-21-17-13-9-2,61-41-26-22-18-14-10-3)91-58-59-97-100(99(88)91)83-48-34-38-52-95(83)107-97)68-85(75)79-56-54-76(66-87(78)79)106(102-71(6)62-70(5)63-72(102)7)77-55-57-82-93(67-77)105(89-50-36-32-46-80(89)81-47-33-37-51-90(81)105)94-69-86(73-42-29-27-30-43-73)103-101(98(82)94)84-49-35-39-53-96(84)108-103/h27,29-30,32-39,42-43,46-59,62-63,65-69,74,78H,8-26,28,31,40-41,44-45,60-61,64H2,1-7H3. The number of anilines is 3. The number of hydrogen-bond acceptors (Lipinski definition) is 3. The number of nitrogens with zero attached hydrogens (tertiary/aromatic N) is 1. The molecule has 3 nitrogen and oxygen atoms in total. The maximum absolute atomic E-state index is 7.18. The van der Waals surface area contributed by atoms with Gasteiger partial charge in [-0.25, -0.2) is 0 Å². The molecule has 0 N–H and O–H groups in total. The molecule has 4 aliphatic carbocycles. The van der Waals surface area contributed by atoms with Crippen molar-refractivity contribution in [2.75, 3.05) is 4.90 Å². The molecule has 0 bridgehead atoms. The smallest absolute Gasteiger partial charge is 0.143 e. The van der Waals surface area contributed by atoms with Crippen LogP contribution in [0.25, 0.3) is 99.5 Å². The lowest BCUT2D eigenvalue weighted by Crippen LogP contribution is -2.26. The quantitative estimate of drug-likeness (QED) is 0.0406. The van der Waals surface area contributed by atoms with Crippen LogP contribution < -0.4 is 4.90 Å². The van der Waals surface area contributed by atoms with E-state index in [0.717, 1.165) is 45.3 Å². The van der Waals surface area contributed by atoms with Gasteiger partial charge in [-0.3, -0.25) is 0 Å². The number of hydrogen-bond donors (Lipinski definition) is 0. The molecule has 2 aromatic heterocycles. The van der Waals surface area contributed by atoms with Crippen LogP contribution in [-0.4, -0.2) is 0 Å². The zero-order valence-electron chi connectivity index (χ0n) is 65.8. The summed E-state index contributed by atoms with van der Waals surface area (Å²) in [5, 5.41) is 4.93. The highest BCUT2D eigenvalue weighted by molar-refractivity contribution is 6.20. The molecule has 1 spiro atoms. The summed E-state index contributed by atoms with van der Waals surface area (Å²) < 4.78 is 14.1. The Bertz CT molecular complexity index is 5350. The molecule has 0 radical (unpaired) electrons. The molecule has 2 atom stereocenters. The lowest BCUT2D eigenvalue weighted by Gasteiger charge is -2.34. The van der Waals surface area contributed by atoms with Crippen LogP contribution in [0.4, 0.5) is 17.1 Å². The van der Waals surface area contributed by atoms with Crippen molar-refractivity contribution in [3.63, 3.8) is 0 Å². The van der Waals surface area contributed by atoms with Crippen LogP contribution in [0, 0.1) is 26.7 Å². The topological polar surface area (TPSA) is 29.5 Å². The largest absolute Gasteiger partial charge is 0.456 e. The van der Waals surface area contributed by atoms with E-state index < -0.39 is 5.41 Å². The third-order valence-electron chi connectivity index (χ3n) is 26.5. The van der Waals surface area contributed by atoms with Crippen LogP contribution in [0.1, 0.15) is 268 Å². The van der Waals surface area contributed by atoms with E-state index in [1.807, 2.05) is 0 Å². The van der Waals surface area contributed by atoms with E-state index in [-0.39, 0.29) is 5.41 Å². The molecule has 0 aliphatic heterocycles. The molecular formula is C105H113NO2. The van der Waals surface area contributed by atoms with Gasteiger partial charge in [0.1, 0.15) is 22.3 Å². The van der Waals surface area contributed by atoms with Gasteiger partial charge in [-0.2, -0.15) is 0 Å². The fourth-order valence-electron chi connectivity index (χ4n) is 21.6. The van der Waals surface area contributed by atoms with E-state index in [9.17, 15) is 0 Å². The second-order valence-corrected chi connectivity index (χ2v) is 33.4. The summed E-state index contributed by atoms with van der Waals surface area (Å²) in [4.78, 5) is 2.73. The number of rotatable bonds is 31. The van der Waals surface area contributed by atoms with Crippen LogP contribution in [0.5, 0.6) is 0 Å². The molecular weight excluding hydrogens is 1310 g/mol. The lowest BCUT2D eigenvalue weighted by atomic mass is 9.70. The summed E-state index contributed by atoms with van der Waals surface area (Å²) in [5.41, 5.74) is 35.6. The van der Waals surface area contributed by atoms with Gasteiger partial charge in [0.05, 0.1) is 11.1 Å². The molecule has 2 unspecified atom stereocenters. The molecule has 550 valence electrons. The molecule has 3 heteroatoms. The first-order chi connectivity index (χ1) is 53.2. The van der Waals surface area contributed by atoms with Crippen molar-refractivity contribution >= 4 is 60.9 Å². The number of furan rings is 2. The van der Waals surface area contributed by atoms with Gasteiger partial charge in [0.2, 0.25) is 0 Å². The lowest BCUT2D eigenvalue weighted by molar-refractivity contribution is 0.352. The van der Waals surface area contributed by atoms with Gasteiger partial charge in [0, 0.05) is 43.9 Å². The Kier molecular flexibility index (Phi) is 20.6. The van der Waals surface area contributed by atoms with Crippen molar-refractivity contribution in [3.05, 3.63) is 267 Å². The molecule has 4 aliphatic rings. The van der Waals surface area contributed by atoms with Gasteiger partial charge in [0.15, 0.2) is 0 Å². The van der Waals surface area contributed by atoms with Crippen molar-refractivity contribution < 1.29 is 8.83 Å². The average molecular weight is 1420 g/mol. The molecule has 17 rings (SSSR count). The zero-order chi connectivity index (χ0) is 73.5. The fourth-order valence-corrected chi connectivity index (χ4v) is 21.6. The first-order valence-corrected chi connectivity index (χ1v) is 42.7. The Morgan fingerprint density at radius 3 is 1.54 bits per heavy atom. The number of para-hydroxylation sites is 2. The van der Waals surface area contributed by atoms with Gasteiger partial charge in [-0.15, -0.1) is 0 Å². The van der Waals surface area contributed by atoms with Gasteiger partial charge >= 0.3 is 0 Å². The van der Waals surface area contributed by atoms with Crippen LogP contribution in [-0.2, 0) is 17.3 Å². The van der Waals surface area contributed by atoms with Gasteiger partial charge in [-0.05, 0) is 225 Å². The van der Waals surface area contributed by atoms with E-state index >= 15 is 0 Å². The predicted octanol–water partition coefficient (Wildman–Crippen LogP) is 31.7. The Morgan fingerprint density at radius 2 is 0.889 bits per heavy atom. The normalized spacial score (nSPS) is 15.4. The number of fused-ring (bicyclic) bond motifs is 24. The molecule has 0 saturated carbocycles. The average Bonchev–Trinajstić information content (AvgIpc) is 1.50. The highest BCUT2D eigenvalue weighted by Gasteiger charge is 2.53. The SMILES string of the molecule is CCCCCCCCC1c2cc(N(c3ccc4c(c3)C3(c5ccccc5-c5ccccc53)c3cc(-c5ccccc5)c5oc6ccccc6c5c3-4)c3c(C)cc(C)cc3C)ccc2-c2cc3c(cc2CC1CCCCCCC)-c1c(ccc2oc4ccccc4c12)C3(CCCCCCCC)CCCCCCCC. The first kappa shape index (κ1) is 71.7. The molecule has 2 heterocycles. The Hall–Kier alpha value is -9.18. The molecule has 11 aromatic carbocycles. The summed E-state index contributed by atoms with van der Waals surface area (Å²) in [6, 6.07) is 81.2. The van der Waals surface area contributed by atoms with E-state index in [0.29, 0.717) is 11.8 Å². The van der Waals surface area contributed by atoms with E-state index in [4.69, 9.17) is 8.83 Å². The molecule has 0 amide bonds. The Balaban J connectivity index is 0.906. The highest BCUT2D eigenvalue weighted by Crippen LogP contribution is 2.67. The molecule has 13 aromatic rings. The van der Waals surface area contributed by atoms with Crippen LogP contribution in [0.3, 0.4) is 0 Å². The van der Waals surface area contributed by atoms with Crippen LogP contribution in [0.15, 0.2) is 215 Å². The summed E-state index contributed by atoms with van der Waals surface area (Å²) >= 11 is 0. The summed E-state index contributed by atoms with van der Waals surface area (Å²) in [7, 11) is 0. The van der Waals surface area contributed by atoms with Crippen LogP contribution >= 0.6 is 0 Å². The van der Waals surface area contributed by atoms with Crippen LogP contribution in [0.2, 0.25) is 0 Å². The minimum Gasteiger partial charge on any atom is -0.456 e. The number of unbranched alkanes of at least 4 members (excludes halogenated alkanes) is 19. The van der Waals surface area contributed by atoms with Gasteiger partial charge in [0.25, 0.3) is 0 Å². The summed E-state index contributed by atoms with van der Waals surface area (Å²) in [6.07, 6.45) is 35.6. The summed E-state index contributed by atoms with van der Waals surface area (Å²) in [6.45, 7) is 16.5. The van der Waals surface area contributed by atoms with E-state index in [1.54, 1.807) is 22.3 Å². The third kappa shape index (κ3) is 12.5. The van der Waals surface area contributed by atoms with E-state index in [1.165, 1.54) is 290 Å². The second-order valence-electron chi connectivity index (χ2n) is 33.4. The van der Waals surface area contributed by atoms with Crippen molar-refractivity contribution in [2.24, 2.45) is 5.92 Å². The zero-order valence-corrected chi connectivity index (χ0v) is 65.8. The maximum atomic E-state index is 7.18. The minimum absolute atomic E-state index is 0.118. The van der Waals surface area contributed by atoms with Crippen molar-refractivity contribution in [3.8, 4) is 55.6 Å². The fraction of sp³-hybridized carbons (Fsp3) is 0.371. The van der Waals surface area contributed by atoms with E-state index in [2.05, 4.69) is 260 Å². The van der Waals surface area contributed by atoms with Crippen molar-refractivity contribution in [1.82, 2.24) is 0 Å². The maximum Gasteiger partial charge on any atom is 0.143 e. The van der Waals surface area contributed by atoms with Crippen molar-refractivity contribution in [1.29, 1.82) is 0 Å². The molecule has 0 saturated heterocycles. The number of aryl methyl sites for hydroxylation is 3. The predicted molar refractivity (Wildman–Crippen MR) is 461 cm³/mol.